The Morgan fingerprint density at radius 1 is 1.53 bits per heavy atom. The van der Waals surface area contributed by atoms with Crippen molar-refractivity contribution < 1.29 is 14.6 Å². The van der Waals surface area contributed by atoms with Crippen molar-refractivity contribution >= 4 is 11.6 Å². The smallest absolute Gasteiger partial charge is 0.137 e. The van der Waals surface area contributed by atoms with Gasteiger partial charge in [0.15, 0.2) is 0 Å². The highest BCUT2D eigenvalue weighted by Crippen LogP contribution is 2.38. The van der Waals surface area contributed by atoms with Crippen molar-refractivity contribution in [2.75, 3.05) is 13.7 Å². The van der Waals surface area contributed by atoms with Crippen LogP contribution in [-0.2, 0) is 10.3 Å². The van der Waals surface area contributed by atoms with E-state index in [1.54, 1.807) is 13.2 Å². The SMILES string of the molecule is CCCC1CC(O)(c2ccc(Cl)c(OC)c2)CCO1. The maximum atomic E-state index is 10.9. The summed E-state index contributed by atoms with van der Waals surface area (Å²) in [6.45, 7) is 2.72. The van der Waals surface area contributed by atoms with Crippen molar-refractivity contribution in [3.8, 4) is 5.75 Å². The van der Waals surface area contributed by atoms with Crippen molar-refractivity contribution in [2.24, 2.45) is 0 Å². The lowest BCUT2D eigenvalue weighted by Crippen LogP contribution is -2.38. The standard InChI is InChI=1S/C15H21ClO3/c1-3-4-12-10-15(17,7-8-19-12)11-5-6-13(16)14(9-11)18-2/h5-6,9,12,17H,3-4,7-8,10H2,1-2H3. The quantitative estimate of drug-likeness (QED) is 0.919. The van der Waals surface area contributed by atoms with Gasteiger partial charge in [-0.25, -0.2) is 0 Å². The van der Waals surface area contributed by atoms with Gasteiger partial charge in [0.25, 0.3) is 0 Å². The van der Waals surface area contributed by atoms with Crippen LogP contribution in [0.15, 0.2) is 18.2 Å². The van der Waals surface area contributed by atoms with Gasteiger partial charge < -0.3 is 14.6 Å². The molecule has 0 amide bonds. The molecule has 1 N–H and O–H groups in total. The number of rotatable bonds is 4. The van der Waals surface area contributed by atoms with Gasteiger partial charge in [0.2, 0.25) is 0 Å². The molecule has 2 rings (SSSR count). The summed E-state index contributed by atoms with van der Waals surface area (Å²) in [5, 5.41) is 11.4. The van der Waals surface area contributed by atoms with E-state index in [9.17, 15) is 5.11 Å². The molecule has 4 heteroatoms. The summed E-state index contributed by atoms with van der Waals surface area (Å²) in [5.74, 6) is 0.603. The second-order valence-corrected chi connectivity index (χ2v) is 5.52. The first-order chi connectivity index (χ1) is 9.09. The van der Waals surface area contributed by atoms with Crippen LogP contribution < -0.4 is 4.74 Å². The molecule has 0 spiro atoms. The van der Waals surface area contributed by atoms with E-state index in [2.05, 4.69) is 6.92 Å². The van der Waals surface area contributed by atoms with Gasteiger partial charge in [-0.15, -0.1) is 0 Å². The molecule has 0 aliphatic carbocycles. The lowest BCUT2D eigenvalue weighted by atomic mass is 9.82. The molecule has 2 unspecified atom stereocenters. The second kappa shape index (κ2) is 6.12. The molecule has 1 aromatic rings. The summed E-state index contributed by atoms with van der Waals surface area (Å²) in [5.41, 5.74) is 0.0221. The van der Waals surface area contributed by atoms with Crippen LogP contribution in [0, 0.1) is 0 Å². The third-order valence-electron chi connectivity index (χ3n) is 3.73. The number of benzene rings is 1. The number of hydrogen-bond donors (Lipinski definition) is 1. The fourth-order valence-electron chi connectivity index (χ4n) is 2.65. The molecule has 0 radical (unpaired) electrons. The molecule has 1 aliphatic heterocycles. The van der Waals surface area contributed by atoms with Gasteiger partial charge in [-0.1, -0.05) is 31.0 Å². The predicted octanol–water partition coefficient (Wildman–Crippen LogP) is 3.52. The Kier molecular flexibility index (Phi) is 4.71. The molecule has 1 saturated heterocycles. The number of halogens is 1. The summed E-state index contributed by atoms with van der Waals surface area (Å²) in [4.78, 5) is 0. The lowest BCUT2D eigenvalue weighted by molar-refractivity contribution is -0.110. The molecule has 1 aliphatic rings. The minimum absolute atomic E-state index is 0.130. The van der Waals surface area contributed by atoms with E-state index in [0.29, 0.717) is 30.2 Å². The summed E-state index contributed by atoms with van der Waals surface area (Å²) in [6.07, 6.45) is 3.41. The highest BCUT2D eigenvalue weighted by molar-refractivity contribution is 6.32. The monoisotopic (exact) mass is 284 g/mol. The third-order valence-corrected chi connectivity index (χ3v) is 4.05. The van der Waals surface area contributed by atoms with Crippen molar-refractivity contribution in [3.63, 3.8) is 0 Å². The van der Waals surface area contributed by atoms with Crippen LogP contribution in [0.25, 0.3) is 0 Å². The Bertz CT molecular complexity index is 433. The average molecular weight is 285 g/mol. The number of ether oxygens (including phenoxy) is 2. The fourth-order valence-corrected chi connectivity index (χ4v) is 2.85. The van der Waals surface area contributed by atoms with Crippen LogP contribution in [0.2, 0.25) is 5.02 Å². The molecule has 0 aromatic heterocycles. The zero-order valence-corrected chi connectivity index (χ0v) is 12.2. The molecule has 2 atom stereocenters. The summed E-state index contributed by atoms with van der Waals surface area (Å²) in [6, 6.07) is 5.48. The van der Waals surface area contributed by atoms with Gasteiger partial charge in [-0.2, -0.15) is 0 Å². The summed E-state index contributed by atoms with van der Waals surface area (Å²) in [7, 11) is 1.58. The Labute approximate surface area is 119 Å². The number of hydrogen-bond acceptors (Lipinski definition) is 3. The normalized spacial score (nSPS) is 27.3. The molecule has 1 fully saturated rings. The van der Waals surface area contributed by atoms with Gasteiger partial charge in [0, 0.05) is 12.8 Å². The van der Waals surface area contributed by atoms with Crippen molar-refractivity contribution in [2.45, 2.75) is 44.3 Å². The molecule has 1 heterocycles. The first-order valence-electron chi connectivity index (χ1n) is 6.77. The maximum Gasteiger partial charge on any atom is 0.137 e. The summed E-state index contributed by atoms with van der Waals surface area (Å²) >= 11 is 6.03. The third kappa shape index (κ3) is 3.22. The van der Waals surface area contributed by atoms with E-state index in [1.807, 2.05) is 12.1 Å². The number of aliphatic hydroxyl groups is 1. The van der Waals surface area contributed by atoms with Gasteiger partial charge in [-0.3, -0.25) is 0 Å². The Morgan fingerprint density at radius 3 is 3.00 bits per heavy atom. The fraction of sp³-hybridized carbons (Fsp3) is 0.600. The van der Waals surface area contributed by atoms with Crippen molar-refractivity contribution in [1.82, 2.24) is 0 Å². The van der Waals surface area contributed by atoms with E-state index in [1.165, 1.54) is 0 Å². The van der Waals surface area contributed by atoms with Crippen LogP contribution in [0.3, 0.4) is 0 Å². The Balaban J connectivity index is 2.23. The maximum absolute atomic E-state index is 10.9. The summed E-state index contributed by atoms with van der Waals surface area (Å²) < 4.78 is 10.9. The first-order valence-corrected chi connectivity index (χ1v) is 7.15. The van der Waals surface area contributed by atoms with Crippen LogP contribution in [0.4, 0.5) is 0 Å². The zero-order chi connectivity index (χ0) is 13.9. The van der Waals surface area contributed by atoms with E-state index in [0.717, 1.165) is 18.4 Å². The van der Waals surface area contributed by atoms with Crippen LogP contribution >= 0.6 is 11.6 Å². The highest BCUT2D eigenvalue weighted by atomic mass is 35.5. The Hall–Kier alpha value is -0.770. The van der Waals surface area contributed by atoms with E-state index in [-0.39, 0.29) is 6.10 Å². The molecule has 3 nitrogen and oxygen atoms in total. The second-order valence-electron chi connectivity index (χ2n) is 5.12. The molecule has 0 bridgehead atoms. The molecular weight excluding hydrogens is 264 g/mol. The van der Waals surface area contributed by atoms with Gasteiger partial charge >= 0.3 is 0 Å². The minimum atomic E-state index is -0.837. The van der Waals surface area contributed by atoms with Crippen LogP contribution in [0.1, 0.15) is 38.2 Å². The van der Waals surface area contributed by atoms with Crippen molar-refractivity contribution in [1.29, 1.82) is 0 Å². The van der Waals surface area contributed by atoms with Gasteiger partial charge in [-0.05, 0) is 24.1 Å². The zero-order valence-electron chi connectivity index (χ0n) is 11.5. The Morgan fingerprint density at radius 2 is 2.32 bits per heavy atom. The van der Waals surface area contributed by atoms with Gasteiger partial charge in [0.05, 0.1) is 30.4 Å². The van der Waals surface area contributed by atoms with Crippen LogP contribution in [0.5, 0.6) is 5.75 Å². The van der Waals surface area contributed by atoms with Gasteiger partial charge in [0.1, 0.15) is 5.75 Å². The average Bonchev–Trinajstić information content (AvgIpc) is 2.39. The highest BCUT2D eigenvalue weighted by Gasteiger charge is 2.36. The number of methoxy groups -OCH3 is 1. The molecule has 106 valence electrons. The predicted molar refractivity (Wildman–Crippen MR) is 75.8 cm³/mol. The van der Waals surface area contributed by atoms with E-state index >= 15 is 0 Å². The first kappa shape index (κ1) is 14.6. The van der Waals surface area contributed by atoms with Crippen molar-refractivity contribution in [3.05, 3.63) is 28.8 Å². The minimum Gasteiger partial charge on any atom is -0.495 e. The topological polar surface area (TPSA) is 38.7 Å². The van der Waals surface area contributed by atoms with Crippen LogP contribution in [-0.4, -0.2) is 24.9 Å². The lowest BCUT2D eigenvalue weighted by Gasteiger charge is -2.37. The molecule has 19 heavy (non-hydrogen) atoms. The largest absolute Gasteiger partial charge is 0.495 e. The van der Waals surface area contributed by atoms with E-state index < -0.39 is 5.60 Å². The van der Waals surface area contributed by atoms with E-state index in [4.69, 9.17) is 21.1 Å². The molecule has 0 saturated carbocycles. The molecule has 1 aromatic carbocycles. The molecular formula is C15H21ClO3.